The van der Waals surface area contributed by atoms with Crippen molar-refractivity contribution in [3.8, 4) is 5.75 Å². The lowest BCUT2D eigenvalue weighted by atomic mass is 9.82. The lowest BCUT2D eigenvalue weighted by Gasteiger charge is -2.30. The fourth-order valence-corrected chi connectivity index (χ4v) is 3.07. The highest BCUT2D eigenvalue weighted by Crippen LogP contribution is 2.45. The van der Waals surface area contributed by atoms with Gasteiger partial charge in [0.2, 0.25) is 0 Å². The van der Waals surface area contributed by atoms with E-state index in [0.29, 0.717) is 6.61 Å². The molecule has 2 aliphatic rings. The first-order chi connectivity index (χ1) is 9.34. The molecule has 0 spiro atoms. The minimum Gasteiger partial charge on any atom is -0.493 e. The Morgan fingerprint density at radius 3 is 2.74 bits per heavy atom. The second kappa shape index (κ2) is 3.85. The summed E-state index contributed by atoms with van der Waals surface area (Å²) in [6.45, 7) is 0.631. The predicted molar refractivity (Wildman–Crippen MR) is 71.3 cm³/mol. The first-order valence-corrected chi connectivity index (χ1v) is 6.46. The molecule has 4 rings (SSSR count). The molecule has 3 heteroatoms. The molecule has 0 bridgehead atoms. The molecule has 1 amide bonds. The van der Waals surface area contributed by atoms with Crippen molar-refractivity contribution in [1.82, 2.24) is 5.32 Å². The number of rotatable bonds is 1. The van der Waals surface area contributed by atoms with Gasteiger partial charge in [0.1, 0.15) is 5.75 Å². The Morgan fingerprint density at radius 2 is 1.89 bits per heavy atom. The van der Waals surface area contributed by atoms with Crippen LogP contribution in [0.5, 0.6) is 5.75 Å². The number of nitrogens with one attached hydrogen (secondary N) is 1. The van der Waals surface area contributed by atoms with E-state index < -0.39 is 0 Å². The number of carbonyl (C=O) groups is 1. The van der Waals surface area contributed by atoms with E-state index in [1.165, 1.54) is 0 Å². The number of carbonyl (C=O) groups excluding carboxylic acids is 1. The summed E-state index contributed by atoms with van der Waals surface area (Å²) in [6.07, 6.45) is 0. The van der Waals surface area contributed by atoms with E-state index in [2.05, 4.69) is 17.4 Å². The Hall–Kier alpha value is -2.29. The average molecular weight is 251 g/mol. The van der Waals surface area contributed by atoms with Crippen LogP contribution in [0.1, 0.15) is 33.4 Å². The molecule has 0 aromatic heterocycles. The molecule has 0 radical (unpaired) electrons. The predicted octanol–water partition coefficient (Wildman–Crippen LogP) is 2.65. The maximum absolute atomic E-state index is 12.2. The minimum atomic E-state index is -0.00699. The quantitative estimate of drug-likeness (QED) is 0.846. The van der Waals surface area contributed by atoms with Gasteiger partial charge in [-0.15, -0.1) is 0 Å². The van der Waals surface area contributed by atoms with E-state index in [-0.39, 0.29) is 17.9 Å². The lowest BCUT2D eigenvalue weighted by molar-refractivity contribution is 0.0913. The maximum Gasteiger partial charge on any atom is 0.252 e. The van der Waals surface area contributed by atoms with Gasteiger partial charge >= 0.3 is 0 Å². The van der Waals surface area contributed by atoms with Crippen molar-refractivity contribution < 1.29 is 9.53 Å². The van der Waals surface area contributed by atoms with Crippen LogP contribution in [0.4, 0.5) is 0 Å². The van der Waals surface area contributed by atoms with Crippen LogP contribution in [0.2, 0.25) is 0 Å². The van der Waals surface area contributed by atoms with Gasteiger partial charge in [0.15, 0.2) is 0 Å². The highest BCUT2D eigenvalue weighted by atomic mass is 16.5. The molecule has 0 saturated carbocycles. The maximum atomic E-state index is 12.2. The van der Waals surface area contributed by atoms with Crippen LogP contribution in [-0.4, -0.2) is 12.5 Å². The number of benzene rings is 2. The zero-order valence-corrected chi connectivity index (χ0v) is 10.3. The lowest BCUT2D eigenvalue weighted by Crippen LogP contribution is -2.38. The second-order valence-corrected chi connectivity index (χ2v) is 5.00. The number of hydrogen-bond acceptors (Lipinski definition) is 2. The zero-order chi connectivity index (χ0) is 12.8. The van der Waals surface area contributed by atoms with Gasteiger partial charge in [0.05, 0.1) is 12.6 Å². The second-order valence-electron chi connectivity index (χ2n) is 5.00. The summed E-state index contributed by atoms with van der Waals surface area (Å²) < 4.78 is 5.73. The fourth-order valence-electron chi connectivity index (χ4n) is 3.07. The molecule has 0 unspecified atom stereocenters. The number of amides is 1. The molecule has 3 nitrogen and oxygen atoms in total. The highest BCUT2D eigenvalue weighted by Gasteiger charge is 2.40. The first-order valence-electron chi connectivity index (χ1n) is 6.46. The molecule has 0 aliphatic carbocycles. The van der Waals surface area contributed by atoms with Crippen molar-refractivity contribution in [2.45, 2.75) is 12.0 Å². The van der Waals surface area contributed by atoms with Gasteiger partial charge in [-0.25, -0.2) is 0 Å². The van der Waals surface area contributed by atoms with E-state index in [1.807, 2.05) is 36.4 Å². The summed E-state index contributed by atoms with van der Waals surface area (Å²) >= 11 is 0. The first kappa shape index (κ1) is 10.6. The molecule has 1 N–H and O–H groups in total. The summed E-state index contributed by atoms with van der Waals surface area (Å²) in [5, 5.41) is 3.10. The Labute approximate surface area is 111 Å². The van der Waals surface area contributed by atoms with Crippen molar-refractivity contribution in [3.63, 3.8) is 0 Å². The molecule has 19 heavy (non-hydrogen) atoms. The van der Waals surface area contributed by atoms with Crippen molar-refractivity contribution in [2.75, 3.05) is 6.61 Å². The Bertz CT molecular complexity index is 651. The van der Waals surface area contributed by atoms with Gasteiger partial charge in [-0.3, -0.25) is 4.79 Å². The van der Waals surface area contributed by atoms with Crippen LogP contribution in [-0.2, 0) is 0 Å². The fraction of sp³-hybridized carbons (Fsp3) is 0.188. The molecule has 0 saturated heterocycles. The van der Waals surface area contributed by atoms with Crippen LogP contribution >= 0.6 is 0 Å². The third kappa shape index (κ3) is 1.48. The average Bonchev–Trinajstić information content (AvgIpc) is 2.89. The third-order valence-electron chi connectivity index (χ3n) is 3.95. The van der Waals surface area contributed by atoms with E-state index in [1.54, 1.807) is 0 Å². The summed E-state index contributed by atoms with van der Waals surface area (Å²) in [6, 6.07) is 15.8. The highest BCUT2D eigenvalue weighted by molar-refractivity contribution is 5.98. The van der Waals surface area contributed by atoms with Crippen LogP contribution < -0.4 is 10.1 Å². The summed E-state index contributed by atoms with van der Waals surface area (Å²) in [5.41, 5.74) is 2.96. The van der Waals surface area contributed by atoms with Gasteiger partial charge in [0.25, 0.3) is 5.91 Å². The molecule has 2 aromatic rings. The molecule has 94 valence electrons. The van der Waals surface area contributed by atoms with Gasteiger partial charge in [-0.1, -0.05) is 36.4 Å². The third-order valence-corrected chi connectivity index (χ3v) is 3.95. The number of ether oxygens (including phenoxy) is 1. The molecular weight excluding hydrogens is 238 g/mol. The topological polar surface area (TPSA) is 38.3 Å². The smallest absolute Gasteiger partial charge is 0.252 e. The van der Waals surface area contributed by atoms with Crippen LogP contribution in [0.25, 0.3) is 0 Å². The van der Waals surface area contributed by atoms with Gasteiger partial charge in [-0.2, -0.15) is 0 Å². The Balaban J connectivity index is 1.86. The van der Waals surface area contributed by atoms with E-state index in [9.17, 15) is 4.79 Å². The molecule has 0 fully saturated rings. The summed E-state index contributed by atoms with van der Waals surface area (Å²) in [4.78, 5) is 12.2. The van der Waals surface area contributed by atoms with E-state index in [0.717, 1.165) is 22.4 Å². The standard InChI is InChI=1S/C16H13NO2/c18-16-11-7-4-8-13-14(11)12(9-19-13)15(17-16)10-5-2-1-3-6-10/h1-8,12,15H,9H2,(H,17,18)/t12-,15+/m1/s1. The molecule has 2 heterocycles. The summed E-state index contributed by atoms with van der Waals surface area (Å²) in [5.74, 6) is 1.07. The van der Waals surface area contributed by atoms with Crippen molar-refractivity contribution >= 4 is 5.91 Å². The van der Waals surface area contributed by atoms with E-state index in [4.69, 9.17) is 4.74 Å². The minimum absolute atomic E-state index is 0.00449. The van der Waals surface area contributed by atoms with Gasteiger partial charge in [-0.05, 0) is 17.7 Å². The van der Waals surface area contributed by atoms with Crippen LogP contribution in [0.3, 0.4) is 0 Å². The zero-order valence-electron chi connectivity index (χ0n) is 10.3. The molecule has 2 aromatic carbocycles. The van der Waals surface area contributed by atoms with E-state index >= 15 is 0 Å². The normalized spacial score (nSPS) is 23.5. The SMILES string of the molecule is O=C1N[C@@H](c2ccccc2)[C@@H]2COc3cccc1c32. The van der Waals surface area contributed by atoms with Gasteiger partial charge in [0, 0.05) is 17.0 Å². The molecule has 2 atom stereocenters. The summed E-state index contributed by atoms with van der Waals surface area (Å²) in [7, 11) is 0. The number of hydrogen-bond donors (Lipinski definition) is 1. The van der Waals surface area contributed by atoms with Crippen LogP contribution in [0.15, 0.2) is 48.5 Å². The van der Waals surface area contributed by atoms with Crippen LogP contribution in [0, 0.1) is 0 Å². The Morgan fingerprint density at radius 1 is 1.05 bits per heavy atom. The molecule has 2 aliphatic heterocycles. The van der Waals surface area contributed by atoms with Crippen molar-refractivity contribution in [2.24, 2.45) is 0 Å². The van der Waals surface area contributed by atoms with Gasteiger partial charge < -0.3 is 10.1 Å². The van der Waals surface area contributed by atoms with Crippen molar-refractivity contribution in [3.05, 3.63) is 65.2 Å². The largest absolute Gasteiger partial charge is 0.493 e. The molecular formula is C16H13NO2. The van der Waals surface area contributed by atoms with Crippen molar-refractivity contribution in [1.29, 1.82) is 0 Å². The Kier molecular flexibility index (Phi) is 2.15. The monoisotopic (exact) mass is 251 g/mol.